The quantitative estimate of drug-likeness (QED) is 0.540. The Morgan fingerprint density at radius 2 is 2.00 bits per heavy atom. The van der Waals surface area contributed by atoms with Gasteiger partial charge in [0, 0.05) is 11.1 Å². The van der Waals surface area contributed by atoms with E-state index in [4.69, 9.17) is 10.6 Å². The summed E-state index contributed by atoms with van der Waals surface area (Å²) in [5.41, 5.74) is 3.38. The van der Waals surface area contributed by atoms with Crippen LogP contribution < -0.4 is 21.3 Å². The number of rotatable bonds is 6. The predicted octanol–water partition coefficient (Wildman–Crippen LogP) is 1.32. The number of nitrogen functional groups attached to an aromatic ring is 1. The van der Waals surface area contributed by atoms with E-state index in [1.807, 2.05) is 26.2 Å². The highest BCUT2D eigenvalue weighted by atomic mass is 32.1. The largest absolute Gasteiger partial charge is 0.461 e. The molecule has 0 aliphatic carbocycles. The van der Waals surface area contributed by atoms with E-state index in [1.54, 1.807) is 11.3 Å². The second-order valence-electron chi connectivity index (χ2n) is 4.31. The van der Waals surface area contributed by atoms with Crippen LogP contribution in [0.5, 0.6) is 6.01 Å². The van der Waals surface area contributed by atoms with Crippen molar-refractivity contribution >= 4 is 23.2 Å². The van der Waals surface area contributed by atoms with Crippen LogP contribution >= 0.6 is 11.3 Å². The van der Waals surface area contributed by atoms with E-state index < -0.39 is 0 Å². The van der Waals surface area contributed by atoms with Gasteiger partial charge in [-0.05, 0) is 20.8 Å². The van der Waals surface area contributed by atoms with E-state index in [1.165, 1.54) is 0 Å². The zero-order chi connectivity index (χ0) is 14.5. The number of aromatic nitrogens is 4. The highest BCUT2D eigenvalue weighted by Crippen LogP contribution is 2.14. The van der Waals surface area contributed by atoms with Crippen molar-refractivity contribution in [3.05, 3.63) is 16.1 Å². The Morgan fingerprint density at radius 1 is 1.25 bits per heavy atom. The third kappa shape index (κ3) is 4.00. The molecule has 4 N–H and O–H groups in total. The number of ether oxygens (including phenoxy) is 1. The second-order valence-corrected chi connectivity index (χ2v) is 5.25. The number of hydrazine groups is 1. The lowest BCUT2D eigenvalue weighted by atomic mass is 10.5. The summed E-state index contributed by atoms with van der Waals surface area (Å²) in [6, 6.07) is 0.223. The lowest BCUT2D eigenvalue weighted by Crippen LogP contribution is -2.16. The zero-order valence-electron chi connectivity index (χ0n) is 11.5. The minimum Gasteiger partial charge on any atom is -0.461 e. The number of nitrogens with zero attached hydrogens (tertiary/aromatic N) is 4. The molecule has 0 radical (unpaired) electrons. The lowest BCUT2D eigenvalue weighted by Gasteiger charge is -2.10. The van der Waals surface area contributed by atoms with Crippen LogP contribution in [0, 0.1) is 6.92 Å². The van der Waals surface area contributed by atoms with Crippen molar-refractivity contribution in [3.63, 3.8) is 0 Å². The van der Waals surface area contributed by atoms with Crippen LogP contribution in [0.4, 0.5) is 11.9 Å². The summed E-state index contributed by atoms with van der Waals surface area (Å²) in [7, 11) is 0. The molecule has 0 atom stereocenters. The van der Waals surface area contributed by atoms with Gasteiger partial charge in [0.15, 0.2) is 0 Å². The molecule has 9 heteroatoms. The number of hydrogen-bond acceptors (Lipinski definition) is 9. The van der Waals surface area contributed by atoms with Crippen molar-refractivity contribution < 1.29 is 4.74 Å². The molecule has 2 aromatic heterocycles. The van der Waals surface area contributed by atoms with Crippen molar-refractivity contribution in [2.45, 2.75) is 33.4 Å². The van der Waals surface area contributed by atoms with Crippen LogP contribution in [0.2, 0.25) is 0 Å². The van der Waals surface area contributed by atoms with Crippen molar-refractivity contribution in [1.82, 2.24) is 19.9 Å². The summed E-state index contributed by atoms with van der Waals surface area (Å²) in [6.45, 7) is 6.27. The zero-order valence-corrected chi connectivity index (χ0v) is 12.4. The number of hydrogen-bond donors (Lipinski definition) is 3. The minimum absolute atomic E-state index is 0.0301. The van der Waals surface area contributed by atoms with E-state index in [2.05, 4.69) is 30.7 Å². The molecule has 0 amide bonds. The first kappa shape index (κ1) is 14.4. The summed E-state index contributed by atoms with van der Waals surface area (Å²) in [6.07, 6.45) is -0.0301. The van der Waals surface area contributed by atoms with E-state index >= 15 is 0 Å². The molecule has 0 aliphatic rings. The fraction of sp³-hybridized carbons (Fsp3) is 0.455. The van der Waals surface area contributed by atoms with E-state index in [0.29, 0.717) is 12.5 Å². The van der Waals surface area contributed by atoms with E-state index in [9.17, 15) is 0 Å². The Hall–Kier alpha value is -2.00. The molecule has 0 aliphatic heterocycles. The lowest BCUT2D eigenvalue weighted by molar-refractivity contribution is 0.222. The van der Waals surface area contributed by atoms with Crippen molar-refractivity contribution in [2.24, 2.45) is 5.84 Å². The number of aryl methyl sites for hydroxylation is 1. The first-order valence-electron chi connectivity index (χ1n) is 6.11. The average Bonchev–Trinajstić information content (AvgIpc) is 2.81. The molecule has 0 bridgehead atoms. The Bertz CT molecular complexity index is 572. The maximum Gasteiger partial charge on any atom is 0.323 e. The molecular formula is C11H17N7OS. The van der Waals surface area contributed by atoms with Gasteiger partial charge in [-0.1, -0.05) is 0 Å². The Labute approximate surface area is 120 Å². The van der Waals surface area contributed by atoms with Crippen LogP contribution in [0.25, 0.3) is 0 Å². The molecule has 0 saturated heterocycles. The molecule has 0 unspecified atom stereocenters. The molecule has 2 rings (SSSR count). The average molecular weight is 295 g/mol. The molecule has 2 heterocycles. The van der Waals surface area contributed by atoms with Crippen molar-refractivity contribution in [1.29, 1.82) is 0 Å². The van der Waals surface area contributed by atoms with Crippen LogP contribution in [0.1, 0.15) is 24.5 Å². The SMILES string of the molecule is Cc1csc(CNc2nc(NN)nc(OC(C)C)n2)n1. The highest BCUT2D eigenvalue weighted by molar-refractivity contribution is 7.09. The third-order valence-electron chi connectivity index (χ3n) is 2.15. The molecule has 2 aromatic rings. The molecule has 0 fully saturated rings. The smallest absolute Gasteiger partial charge is 0.323 e. The number of nitrogens with one attached hydrogen (secondary N) is 2. The number of nitrogens with two attached hydrogens (primary N) is 1. The van der Waals surface area contributed by atoms with Crippen molar-refractivity contribution in [2.75, 3.05) is 10.7 Å². The molecule has 8 nitrogen and oxygen atoms in total. The van der Waals surface area contributed by atoms with Gasteiger partial charge >= 0.3 is 6.01 Å². The Morgan fingerprint density at radius 3 is 2.60 bits per heavy atom. The minimum atomic E-state index is -0.0301. The normalized spacial score (nSPS) is 10.7. The third-order valence-corrected chi connectivity index (χ3v) is 3.12. The van der Waals surface area contributed by atoms with Gasteiger partial charge in [0.1, 0.15) is 5.01 Å². The van der Waals surface area contributed by atoms with E-state index in [0.717, 1.165) is 10.7 Å². The monoisotopic (exact) mass is 295 g/mol. The second kappa shape index (κ2) is 6.44. The molecule has 0 saturated carbocycles. The molecule has 0 aromatic carbocycles. The van der Waals surface area contributed by atoms with E-state index in [-0.39, 0.29) is 18.1 Å². The standard InChI is InChI=1S/C11H17N7OS/c1-6(2)19-11-16-9(15-10(17-11)18-12)13-4-8-14-7(3)5-20-8/h5-6H,4,12H2,1-3H3,(H2,13,15,16,17,18). The van der Waals surface area contributed by atoms with Gasteiger partial charge in [-0.25, -0.2) is 10.8 Å². The van der Waals surface area contributed by atoms with Crippen LogP contribution in [0.3, 0.4) is 0 Å². The van der Waals surface area contributed by atoms with Gasteiger partial charge in [-0.15, -0.1) is 11.3 Å². The Kier molecular flexibility index (Phi) is 4.64. The highest BCUT2D eigenvalue weighted by Gasteiger charge is 2.09. The first-order chi connectivity index (χ1) is 9.56. The first-order valence-corrected chi connectivity index (χ1v) is 6.99. The van der Waals surface area contributed by atoms with Gasteiger partial charge in [0.25, 0.3) is 0 Å². The fourth-order valence-electron chi connectivity index (χ4n) is 1.40. The maximum atomic E-state index is 5.44. The van der Waals surface area contributed by atoms with Gasteiger partial charge in [0.05, 0.1) is 12.6 Å². The summed E-state index contributed by atoms with van der Waals surface area (Å²) in [5.74, 6) is 5.96. The summed E-state index contributed by atoms with van der Waals surface area (Å²) < 4.78 is 5.44. The van der Waals surface area contributed by atoms with Gasteiger partial charge in [0.2, 0.25) is 11.9 Å². The molecular weight excluding hydrogens is 278 g/mol. The molecule has 20 heavy (non-hydrogen) atoms. The van der Waals surface area contributed by atoms with Crippen LogP contribution in [-0.4, -0.2) is 26.0 Å². The van der Waals surface area contributed by atoms with Gasteiger partial charge in [-0.2, -0.15) is 15.0 Å². The predicted molar refractivity (Wildman–Crippen MR) is 77.6 cm³/mol. The van der Waals surface area contributed by atoms with Crippen molar-refractivity contribution in [3.8, 4) is 6.01 Å². The maximum absolute atomic E-state index is 5.44. The van der Waals surface area contributed by atoms with Gasteiger partial charge in [-0.3, -0.25) is 5.43 Å². The van der Waals surface area contributed by atoms with Crippen LogP contribution in [0.15, 0.2) is 5.38 Å². The topological polar surface area (TPSA) is 111 Å². The summed E-state index contributed by atoms with van der Waals surface area (Å²) in [5, 5.41) is 6.02. The number of anilines is 2. The van der Waals surface area contributed by atoms with Crippen LogP contribution in [-0.2, 0) is 6.54 Å². The number of thiazole rings is 1. The van der Waals surface area contributed by atoms with Gasteiger partial charge < -0.3 is 10.1 Å². The summed E-state index contributed by atoms with van der Waals surface area (Å²) >= 11 is 1.58. The summed E-state index contributed by atoms with van der Waals surface area (Å²) in [4.78, 5) is 16.6. The Balaban J connectivity index is 2.09. The molecule has 0 spiro atoms. The molecule has 108 valence electrons. The fourth-order valence-corrected chi connectivity index (χ4v) is 2.11.